The van der Waals surface area contributed by atoms with Gasteiger partial charge in [0.25, 0.3) is 0 Å². The van der Waals surface area contributed by atoms with E-state index in [1.54, 1.807) is 12.1 Å². The SMILES string of the molecule is CC(O)C(NC(=O)CCCCCNC(=O)C(N)Cc1ccc(O)cc1)C(=O)NC(CCCCCCN)C(=O)N1CCCC1C(=O)N1CCCC1C(=O)N[C@@]1(C(=O)O)C[C@H]1CCN=C(N)N. The number of likely N-dealkylation sites (tertiary alicyclic amines) is 2. The van der Waals surface area contributed by atoms with Crippen molar-refractivity contribution in [3.8, 4) is 5.75 Å². The zero-order chi connectivity index (χ0) is 47.7. The molecule has 6 amide bonds. The summed E-state index contributed by atoms with van der Waals surface area (Å²) >= 11 is 0. The van der Waals surface area contributed by atoms with E-state index in [9.17, 15) is 48.9 Å². The van der Waals surface area contributed by atoms with Crippen LogP contribution in [0.25, 0.3) is 0 Å². The van der Waals surface area contributed by atoms with Crippen molar-refractivity contribution in [2.24, 2.45) is 33.8 Å². The third kappa shape index (κ3) is 15.3. The van der Waals surface area contributed by atoms with Gasteiger partial charge in [0.1, 0.15) is 35.5 Å². The Morgan fingerprint density at radius 1 is 0.877 bits per heavy atom. The zero-order valence-corrected chi connectivity index (χ0v) is 37.6. The average molecular weight is 914 g/mol. The molecule has 21 heteroatoms. The number of carboxylic acid groups (broad SMARTS) is 1. The molecule has 2 aliphatic heterocycles. The second kappa shape index (κ2) is 25.2. The predicted molar refractivity (Wildman–Crippen MR) is 240 cm³/mol. The van der Waals surface area contributed by atoms with Gasteiger partial charge in [-0.3, -0.25) is 33.8 Å². The maximum atomic E-state index is 14.4. The Kier molecular flexibility index (Phi) is 20.2. The highest BCUT2D eigenvalue weighted by molar-refractivity contribution is 5.98. The standard InChI is InChI=1S/C44H71N11O10/c1-27(56)36(52-35(58)14-6-4-8-21-49-37(59)31(46)25-28-15-17-30(57)18-16-28)39(61)51-32(11-5-2-3-7-20-45)40(62)55-24-10-13-34(55)41(63)54-23-9-12-33(54)38(60)53-44(42(64)65)26-29(44)19-22-50-43(47)48/h15-18,27,29,31-34,36,56-57H,2-14,19-26,45-46H2,1H3,(H,49,59)(H,51,61)(H,52,58)(H,53,60)(H,64,65)(H4,47,48,50)/t27?,29-,31?,32?,33?,34?,36?,44+/m1/s1. The maximum absolute atomic E-state index is 14.4. The molecule has 65 heavy (non-hydrogen) atoms. The van der Waals surface area contributed by atoms with Crippen LogP contribution in [-0.2, 0) is 40.0 Å². The van der Waals surface area contributed by atoms with Crippen LogP contribution in [0.1, 0.15) is 109 Å². The molecule has 1 aliphatic carbocycles. The minimum Gasteiger partial charge on any atom is -0.508 e. The Bertz CT molecular complexity index is 1830. The maximum Gasteiger partial charge on any atom is 0.329 e. The molecular formula is C44H71N11O10. The summed E-state index contributed by atoms with van der Waals surface area (Å²) in [5, 5.41) is 41.0. The summed E-state index contributed by atoms with van der Waals surface area (Å²) in [7, 11) is 0. The first kappa shape index (κ1) is 52.1. The average Bonchev–Trinajstić information content (AvgIpc) is 3.56. The summed E-state index contributed by atoms with van der Waals surface area (Å²) in [4.78, 5) is 101. The van der Waals surface area contributed by atoms with Crippen LogP contribution in [-0.4, -0.2) is 147 Å². The van der Waals surface area contributed by atoms with Gasteiger partial charge in [-0.25, -0.2) is 4.79 Å². The van der Waals surface area contributed by atoms with E-state index >= 15 is 0 Å². The third-order valence-corrected chi connectivity index (χ3v) is 12.5. The number of hydrogen-bond acceptors (Lipinski definition) is 12. The van der Waals surface area contributed by atoms with Gasteiger partial charge < -0.3 is 69.3 Å². The molecule has 0 aromatic heterocycles. The Morgan fingerprint density at radius 2 is 1.54 bits per heavy atom. The van der Waals surface area contributed by atoms with Crippen LogP contribution < -0.4 is 44.2 Å². The van der Waals surface area contributed by atoms with Gasteiger partial charge in [-0.05, 0) is 108 Å². The van der Waals surface area contributed by atoms with Crippen LogP contribution in [0.2, 0.25) is 0 Å². The number of aliphatic hydroxyl groups is 1. The number of guanidine groups is 1. The molecule has 2 heterocycles. The van der Waals surface area contributed by atoms with E-state index in [2.05, 4.69) is 26.3 Å². The number of carboxylic acids is 1. The summed E-state index contributed by atoms with van der Waals surface area (Å²) in [6.07, 6.45) is 5.89. The molecule has 362 valence electrons. The van der Waals surface area contributed by atoms with Crippen LogP contribution in [0.5, 0.6) is 5.75 Å². The molecule has 4 rings (SSSR count). The molecule has 1 aromatic carbocycles. The van der Waals surface area contributed by atoms with Crippen molar-refractivity contribution in [1.82, 2.24) is 31.1 Å². The number of benzene rings is 1. The lowest BCUT2D eigenvalue weighted by Gasteiger charge is -2.33. The minimum absolute atomic E-state index is 0.0404. The van der Waals surface area contributed by atoms with Crippen LogP contribution in [0.3, 0.4) is 0 Å². The van der Waals surface area contributed by atoms with Gasteiger partial charge in [0.15, 0.2) is 5.96 Å². The fraction of sp³-hybridized carbons (Fsp3) is 0.682. The molecule has 1 saturated carbocycles. The lowest BCUT2D eigenvalue weighted by atomic mass is 10.0. The highest BCUT2D eigenvalue weighted by atomic mass is 16.4. The quantitative estimate of drug-likeness (QED) is 0.0281. The van der Waals surface area contributed by atoms with Gasteiger partial charge in [0, 0.05) is 32.6 Å². The summed E-state index contributed by atoms with van der Waals surface area (Å²) in [5.41, 5.74) is 21.8. The van der Waals surface area contributed by atoms with Gasteiger partial charge >= 0.3 is 5.97 Å². The largest absolute Gasteiger partial charge is 0.508 e. The fourth-order valence-corrected chi connectivity index (χ4v) is 8.71. The van der Waals surface area contributed by atoms with E-state index in [-0.39, 0.29) is 56.5 Å². The Balaban J connectivity index is 1.32. The normalized spacial score (nSPS) is 21.9. The molecule has 21 nitrogen and oxygen atoms in total. The highest BCUT2D eigenvalue weighted by Crippen LogP contribution is 2.46. The van der Waals surface area contributed by atoms with Gasteiger partial charge in [-0.15, -0.1) is 0 Å². The predicted octanol–water partition coefficient (Wildman–Crippen LogP) is -1.20. The zero-order valence-electron chi connectivity index (χ0n) is 37.6. The molecule has 15 N–H and O–H groups in total. The number of carbonyl (C=O) groups excluding carboxylic acids is 6. The second-order valence-corrected chi connectivity index (χ2v) is 17.6. The Labute approximate surface area is 380 Å². The van der Waals surface area contributed by atoms with Gasteiger partial charge in [0.2, 0.25) is 35.4 Å². The molecule has 0 spiro atoms. The number of carbonyl (C=O) groups is 7. The van der Waals surface area contributed by atoms with E-state index in [0.29, 0.717) is 77.3 Å². The first-order valence-electron chi connectivity index (χ1n) is 23.0. The van der Waals surface area contributed by atoms with Crippen molar-refractivity contribution in [2.75, 3.05) is 32.7 Å². The molecule has 1 aromatic rings. The Hall–Kier alpha value is -5.54. The van der Waals surface area contributed by atoms with Crippen molar-refractivity contribution in [1.29, 1.82) is 0 Å². The second-order valence-electron chi connectivity index (χ2n) is 17.6. The smallest absolute Gasteiger partial charge is 0.329 e. The van der Waals surface area contributed by atoms with E-state index in [4.69, 9.17) is 22.9 Å². The number of aliphatic carboxylic acids is 1. The minimum atomic E-state index is -1.49. The fourth-order valence-electron chi connectivity index (χ4n) is 8.71. The van der Waals surface area contributed by atoms with E-state index in [1.165, 1.54) is 28.9 Å². The van der Waals surface area contributed by atoms with Crippen molar-refractivity contribution in [3.05, 3.63) is 29.8 Å². The molecule has 3 fully saturated rings. The van der Waals surface area contributed by atoms with Crippen molar-refractivity contribution in [2.45, 2.75) is 152 Å². The lowest BCUT2D eigenvalue weighted by Crippen LogP contribution is -2.59. The topological polar surface area (TPSA) is 351 Å². The number of aliphatic imine (C=N–C) groups is 1. The molecule has 0 bridgehead atoms. The van der Waals surface area contributed by atoms with Gasteiger partial charge in [-0.1, -0.05) is 37.8 Å². The van der Waals surface area contributed by atoms with Crippen LogP contribution in [0, 0.1) is 5.92 Å². The number of hydrogen-bond donors (Lipinski definition) is 11. The van der Waals surface area contributed by atoms with Gasteiger partial charge in [0.05, 0.1) is 12.1 Å². The van der Waals surface area contributed by atoms with Crippen molar-refractivity contribution >= 4 is 47.4 Å². The summed E-state index contributed by atoms with van der Waals surface area (Å²) < 4.78 is 0. The number of amides is 6. The van der Waals surface area contributed by atoms with Crippen molar-refractivity contribution < 1.29 is 48.9 Å². The monoisotopic (exact) mass is 914 g/mol. The number of rotatable bonds is 27. The molecule has 2 saturated heterocycles. The molecule has 0 radical (unpaired) electrons. The van der Waals surface area contributed by atoms with Crippen LogP contribution >= 0.6 is 0 Å². The number of phenols is 1. The first-order valence-corrected chi connectivity index (χ1v) is 23.0. The van der Waals surface area contributed by atoms with Gasteiger partial charge in [-0.2, -0.15) is 0 Å². The van der Waals surface area contributed by atoms with Crippen molar-refractivity contribution in [3.63, 3.8) is 0 Å². The Morgan fingerprint density at radius 3 is 2.20 bits per heavy atom. The number of aromatic hydroxyl groups is 1. The van der Waals surface area contributed by atoms with Crippen LogP contribution in [0.4, 0.5) is 0 Å². The lowest BCUT2D eigenvalue weighted by molar-refractivity contribution is -0.149. The van der Waals surface area contributed by atoms with Crippen LogP contribution in [0.15, 0.2) is 29.3 Å². The first-order chi connectivity index (χ1) is 31.0. The molecular weight excluding hydrogens is 843 g/mol. The molecule has 3 aliphatic rings. The number of phenolic OH excluding ortho intramolecular Hbond substituents is 1. The molecule has 8 atom stereocenters. The van der Waals surface area contributed by atoms with E-state index < -0.39 is 83.3 Å². The summed E-state index contributed by atoms with van der Waals surface area (Å²) in [6, 6.07) is 1.35. The number of nitrogens with one attached hydrogen (secondary N) is 4. The van der Waals surface area contributed by atoms with E-state index in [0.717, 1.165) is 24.8 Å². The third-order valence-electron chi connectivity index (χ3n) is 12.5. The number of unbranched alkanes of at least 4 members (excludes halogenated alkanes) is 5. The highest BCUT2D eigenvalue weighted by Gasteiger charge is 2.62. The van der Waals surface area contributed by atoms with E-state index in [1.807, 2.05) is 0 Å². The summed E-state index contributed by atoms with van der Waals surface area (Å²) in [6.45, 7) is 2.89. The summed E-state index contributed by atoms with van der Waals surface area (Å²) in [5.74, 6) is -4.65. The number of nitrogens with zero attached hydrogens (tertiary/aromatic N) is 3. The molecule has 6 unspecified atom stereocenters. The number of aliphatic hydroxyl groups excluding tert-OH is 1. The number of nitrogens with two attached hydrogens (primary N) is 4.